The van der Waals surface area contributed by atoms with Crippen LogP contribution in [-0.4, -0.2) is 15.7 Å². The van der Waals surface area contributed by atoms with E-state index in [0.29, 0.717) is 0 Å². The number of halogens is 1. The maximum absolute atomic E-state index is 11.4. The number of aromatic nitrogens is 1. The van der Waals surface area contributed by atoms with Crippen LogP contribution in [-0.2, 0) is 4.79 Å². The molecule has 1 N–H and O–H groups in total. The van der Waals surface area contributed by atoms with E-state index in [4.69, 9.17) is 0 Å². The van der Waals surface area contributed by atoms with Crippen molar-refractivity contribution in [3.8, 4) is 0 Å². The summed E-state index contributed by atoms with van der Waals surface area (Å²) in [7, 11) is 0. The van der Waals surface area contributed by atoms with Crippen LogP contribution >= 0.6 is 27.3 Å². The highest BCUT2D eigenvalue weighted by Gasteiger charge is 2.08. The first-order valence-corrected chi connectivity index (χ1v) is 6.24. The zero-order chi connectivity index (χ0) is 10.8. The van der Waals surface area contributed by atoms with Crippen molar-refractivity contribution in [1.29, 1.82) is 0 Å². The topological polar surface area (TPSA) is 42.0 Å². The summed E-state index contributed by atoms with van der Waals surface area (Å²) in [4.78, 5) is 15.4. The van der Waals surface area contributed by atoms with E-state index in [2.05, 4.69) is 26.2 Å². The maximum Gasteiger partial charge on any atom is 0.237 e. The molecule has 0 fully saturated rings. The lowest BCUT2D eigenvalue weighted by Gasteiger charge is -2.05. The molecule has 78 valence electrons. The van der Waals surface area contributed by atoms with E-state index in [1.807, 2.05) is 18.2 Å². The zero-order valence-electron chi connectivity index (χ0n) is 8.03. The molecule has 1 unspecified atom stereocenters. The molecule has 0 spiro atoms. The first kappa shape index (κ1) is 10.6. The standard InChI is InChI=1S/C10H9BrN2OS/c1-6(11)10(14)13-7-2-3-8-9(4-7)15-5-12-8/h2-6H,1H3,(H,13,14). The second-order valence-electron chi connectivity index (χ2n) is 3.14. The SMILES string of the molecule is CC(Br)C(=O)Nc1ccc2ncsc2c1. The number of amides is 1. The first-order chi connectivity index (χ1) is 7.16. The number of carbonyl (C=O) groups is 1. The van der Waals surface area contributed by atoms with Crippen LogP contribution in [0.5, 0.6) is 0 Å². The minimum atomic E-state index is -0.186. The van der Waals surface area contributed by atoms with Gasteiger partial charge in [0.25, 0.3) is 0 Å². The lowest BCUT2D eigenvalue weighted by molar-refractivity contribution is -0.115. The Balaban J connectivity index is 2.25. The molecule has 0 aliphatic carbocycles. The van der Waals surface area contributed by atoms with Crippen LogP contribution in [0.4, 0.5) is 5.69 Å². The normalized spacial score (nSPS) is 12.7. The van der Waals surface area contributed by atoms with Crippen LogP contribution in [0.2, 0.25) is 0 Å². The summed E-state index contributed by atoms with van der Waals surface area (Å²) in [6.07, 6.45) is 0. The molecule has 1 aromatic heterocycles. The number of nitrogens with one attached hydrogen (secondary N) is 1. The lowest BCUT2D eigenvalue weighted by atomic mass is 10.3. The van der Waals surface area contributed by atoms with Gasteiger partial charge in [0.1, 0.15) is 0 Å². The smallest absolute Gasteiger partial charge is 0.237 e. The summed E-state index contributed by atoms with van der Waals surface area (Å²) in [6, 6.07) is 5.69. The van der Waals surface area contributed by atoms with Gasteiger partial charge in [0, 0.05) is 5.69 Å². The number of rotatable bonds is 2. The quantitative estimate of drug-likeness (QED) is 0.862. The number of alkyl halides is 1. The fourth-order valence-electron chi connectivity index (χ4n) is 1.17. The third-order valence-corrected chi connectivity index (χ3v) is 3.17. The van der Waals surface area contributed by atoms with Crippen molar-refractivity contribution in [3.63, 3.8) is 0 Å². The molecular weight excluding hydrogens is 276 g/mol. The average Bonchev–Trinajstić information content (AvgIpc) is 2.64. The molecule has 0 bridgehead atoms. The van der Waals surface area contributed by atoms with Crippen LogP contribution in [0, 0.1) is 0 Å². The Labute approximate surface area is 99.6 Å². The van der Waals surface area contributed by atoms with Gasteiger partial charge in [-0.3, -0.25) is 4.79 Å². The summed E-state index contributed by atoms with van der Waals surface area (Å²) in [5.74, 6) is -0.0427. The molecule has 2 aromatic rings. The van der Waals surface area contributed by atoms with Crippen LogP contribution in [0.1, 0.15) is 6.92 Å². The molecular formula is C10H9BrN2OS. The Bertz CT molecular complexity index is 495. The molecule has 1 aromatic carbocycles. The van der Waals surface area contributed by atoms with Crippen LogP contribution < -0.4 is 5.32 Å². The van der Waals surface area contributed by atoms with Crippen molar-refractivity contribution in [1.82, 2.24) is 4.98 Å². The largest absolute Gasteiger partial charge is 0.325 e. The fraction of sp³-hybridized carbons (Fsp3) is 0.200. The van der Waals surface area contributed by atoms with Gasteiger partial charge in [0.15, 0.2) is 0 Å². The van der Waals surface area contributed by atoms with Gasteiger partial charge in [0.05, 0.1) is 20.6 Å². The van der Waals surface area contributed by atoms with Crippen molar-refractivity contribution in [2.45, 2.75) is 11.8 Å². The molecule has 0 saturated heterocycles. The summed E-state index contributed by atoms with van der Waals surface area (Å²) < 4.78 is 1.08. The molecule has 15 heavy (non-hydrogen) atoms. The molecule has 1 atom stereocenters. The molecule has 1 amide bonds. The number of nitrogens with zero attached hydrogens (tertiary/aromatic N) is 1. The van der Waals surface area contributed by atoms with E-state index in [1.165, 1.54) is 0 Å². The summed E-state index contributed by atoms with van der Waals surface area (Å²) in [5.41, 5.74) is 3.57. The van der Waals surface area contributed by atoms with Crippen LogP contribution in [0.25, 0.3) is 10.2 Å². The average molecular weight is 285 g/mol. The molecule has 2 rings (SSSR count). The van der Waals surface area contributed by atoms with Crippen molar-refractivity contribution < 1.29 is 4.79 Å². The number of carbonyl (C=O) groups excluding carboxylic acids is 1. The van der Waals surface area contributed by atoms with Gasteiger partial charge in [-0.1, -0.05) is 15.9 Å². The van der Waals surface area contributed by atoms with Gasteiger partial charge in [-0.25, -0.2) is 4.98 Å². The highest BCUT2D eigenvalue weighted by molar-refractivity contribution is 9.10. The Morgan fingerprint density at radius 1 is 1.60 bits per heavy atom. The number of thiazole rings is 1. The third-order valence-electron chi connectivity index (χ3n) is 1.96. The summed E-state index contributed by atoms with van der Waals surface area (Å²) in [6.45, 7) is 1.79. The highest BCUT2D eigenvalue weighted by Crippen LogP contribution is 2.22. The fourth-order valence-corrected chi connectivity index (χ4v) is 2.01. The third kappa shape index (κ3) is 2.35. The second-order valence-corrected chi connectivity index (χ2v) is 5.40. The van der Waals surface area contributed by atoms with Crippen molar-refractivity contribution in [2.75, 3.05) is 5.32 Å². The van der Waals surface area contributed by atoms with E-state index in [-0.39, 0.29) is 10.7 Å². The Morgan fingerprint density at radius 3 is 3.13 bits per heavy atom. The number of hydrogen-bond acceptors (Lipinski definition) is 3. The molecule has 5 heteroatoms. The van der Waals surface area contributed by atoms with Gasteiger partial charge in [-0.15, -0.1) is 11.3 Å². The van der Waals surface area contributed by atoms with Gasteiger partial charge in [-0.05, 0) is 25.1 Å². The predicted molar refractivity (Wildman–Crippen MR) is 66.6 cm³/mol. The van der Waals surface area contributed by atoms with E-state index in [1.54, 1.807) is 23.8 Å². The Kier molecular flexibility index (Phi) is 3.02. The van der Waals surface area contributed by atoms with E-state index >= 15 is 0 Å². The van der Waals surface area contributed by atoms with Gasteiger partial charge >= 0.3 is 0 Å². The zero-order valence-corrected chi connectivity index (χ0v) is 10.4. The second kappa shape index (κ2) is 4.28. The summed E-state index contributed by atoms with van der Waals surface area (Å²) in [5, 5.41) is 2.82. The van der Waals surface area contributed by atoms with Crippen molar-refractivity contribution >= 4 is 49.1 Å². The number of fused-ring (bicyclic) bond motifs is 1. The minimum absolute atomic E-state index is 0.0427. The first-order valence-electron chi connectivity index (χ1n) is 4.45. The minimum Gasteiger partial charge on any atom is -0.325 e. The Morgan fingerprint density at radius 2 is 2.40 bits per heavy atom. The molecule has 3 nitrogen and oxygen atoms in total. The monoisotopic (exact) mass is 284 g/mol. The maximum atomic E-state index is 11.4. The van der Waals surface area contributed by atoms with Crippen molar-refractivity contribution in [3.05, 3.63) is 23.7 Å². The molecule has 0 radical (unpaired) electrons. The number of anilines is 1. The van der Waals surface area contributed by atoms with Crippen molar-refractivity contribution in [2.24, 2.45) is 0 Å². The molecule has 0 aliphatic heterocycles. The van der Waals surface area contributed by atoms with E-state index < -0.39 is 0 Å². The molecule has 1 heterocycles. The number of hydrogen-bond donors (Lipinski definition) is 1. The van der Waals surface area contributed by atoms with Crippen LogP contribution in [0.3, 0.4) is 0 Å². The van der Waals surface area contributed by atoms with Gasteiger partial charge < -0.3 is 5.32 Å². The Hall–Kier alpha value is -0.940. The van der Waals surface area contributed by atoms with Gasteiger partial charge in [0.2, 0.25) is 5.91 Å². The van der Waals surface area contributed by atoms with E-state index in [0.717, 1.165) is 15.9 Å². The molecule has 0 saturated carbocycles. The summed E-state index contributed by atoms with van der Waals surface area (Å²) >= 11 is 4.78. The van der Waals surface area contributed by atoms with Crippen LogP contribution in [0.15, 0.2) is 23.7 Å². The molecule has 0 aliphatic rings. The van der Waals surface area contributed by atoms with Gasteiger partial charge in [-0.2, -0.15) is 0 Å². The predicted octanol–water partition coefficient (Wildman–Crippen LogP) is 3.02. The lowest BCUT2D eigenvalue weighted by Crippen LogP contribution is -2.19. The number of benzene rings is 1. The highest BCUT2D eigenvalue weighted by atomic mass is 79.9. The van der Waals surface area contributed by atoms with E-state index in [9.17, 15) is 4.79 Å².